The van der Waals surface area contributed by atoms with Gasteiger partial charge in [-0.25, -0.2) is 0 Å². The number of benzene rings is 1. The molecule has 0 unspecified atom stereocenters. The third-order valence-corrected chi connectivity index (χ3v) is 5.84. The maximum Gasteiger partial charge on any atom is 0.327 e. The number of hydrogen-bond acceptors (Lipinski definition) is 5. The molecule has 0 aliphatic heterocycles. The Bertz CT molecular complexity index is 794. The number of thiophene rings is 1. The first-order chi connectivity index (χ1) is 12.1. The summed E-state index contributed by atoms with van der Waals surface area (Å²) in [6.45, 7) is 1.93. The molecular formula is C20H19NO3S. The summed E-state index contributed by atoms with van der Waals surface area (Å²) < 4.78 is 5.32. The molecular weight excluding hydrogens is 334 g/mol. The topological polar surface area (TPSA) is 67.2 Å². The van der Waals surface area contributed by atoms with Crippen molar-refractivity contribution < 1.29 is 14.3 Å². The Morgan fingerprint density at radius 2 is 1.96 bits per heavy atom. The fourth-order valence-electron chi connectivity index (χ4n) is 3.72. The summed E-state index contributed by atoms with van der Waals surface area (Å²) in [7, 11) is 0. The smallest absolute Gasteiger partial charge is 0.327 e. The van der Waals surface area contributed by atoms with Gasteiger partial charge in [0, 0.05) is 29.6 Å². The van der Waals surface area contributed by atoms with Gasteiger partial charge < -0.3 is 4.74 Å². The molecule has 0 radical (unpaired) electrons. The Morgan fingerprint density at radius 3 is 2.56 bits per heavy atom. The molecule has 1 heterocycles. The summed E-state index contributed by atoms with van der Waals surface area (Å²) in [5, 5.41) is 12.1. The number of ether oxygens (including phenoxy) is 1. The average Bonchev–Trinajstić information content (AvgIpc) is 3.16. The summed E-state index contributed by atoms with van der Waals surface area (Å²) in [6, 6.07) is 15.4. The molecule has 128 valence electrons. The number of hydrogen-bond donors (Lipinski definition) is 0. The highest BCUT2D eigenvalue weighted by Crippen LogP contribution is 2.55. The van der Waals surface area contributed by atoms with Crippen molar-refractivity contribution in [1.82, 2.24) is 0 Å². The first-order valence-corrected chi connectivity index (χ1v) is 9.20. The molecule has 0 saturated heterocycles. The fraction of sp³-hybridized carbons (Fsp3) is 0.350. The molecule has 2 aromatic rings. The highest BCUT2D eigenvalue weighted by Gasteiger charge is 2.58. The number of nitrogens with zero attached hydrogens (tertiary/aromatic N) is 1. The summed E-state index contributed by atoms with van der Waals surface area (Å²) in [6.07, 6.45) is 0.370. The highest BCUT2D eigenvalue weighted by atomic mass is 32.1. The van der Waals surface area contributed by atoms with E-state index in [1.165, 1.54) is 11.3 Å². The molecule has 3 rings (SSSR count). The van der Waals surface area contributed by atoms with Gasteiger partial charge >= 0.3 is 5.97 Å². The van der Waals surface area contributed by atoms with Crippen molar-refractivity contribution >= 4 is 23.1 Å². The van der Waals surface area contributed by atoms with Crippen molar-refractivity contribution in [2.75, 3.05) is 6.61 Å². The second-order valence-corrected chi connectivity index (χ2v) is 7.16. The maximum absolute atomic E-state index is 13.0. The van der Waals surface area contributed by atoms with Crippen LogP contribution in [-0.4, -0.2) is 18.4 Å². The van der Waals surface area contributed by atoms with E-state index in [9.17, 15) is 14.9 Å². The second kappa shape index (κ2) is 7.20. The molecule has 1 aliphatic carbocycles. The molecule has 5 heteroatoms. The van der Waals surface area contributed by atoms with Crippen LogP contribution in [0.25, 0.3) is 0 Å². The Hall–Kier alpha value is -2.45. The number of Topliss-reactive ketones (excluding diaryl/α,β-unsaturated/α-hetero) is 1. The summed E-state index contributed by atoms with van der Waals surface area (Å²) in [5.74, 6) is -1.45. The number of carbonyl (C=O) groups excluding carboxylic acids is 2. The van der Waals surface area contributed by atoms with Crippen molar-refractivity contribution in [3.8, 4) is 6.07 Å². The van der Waals surface area contributed by atoms with Crippen LogP contribution in [0.15, 0.2) is 47.8 Å². The van der Waals surface area contributed by atoms with Gasteiger partial charge in [-0.1, -0.05) is 36.4 Å². The molecule has 0 spiro atoms. The van der Waals surface area contributed by atoms with Gasteiger partial charge in [0.05, 0.1) is 12.7 Å². The van der Waals surface area contributed by atoms with Crippen molar-refractivity contribution in [3.05, 3.63) is 58.3 Å². The Morgan fingerprint density at radius 1 is 1.24 bits per heavy atom. The van der Waals surface area contributed by atoms with Crippen molar-refractivity contribution in [2.24, 2.45) is 5.41 Å². The molecule has 1 fully saturated rings. The van der Waals surface area contributed by atoms with E-state index < -0.39 is 23.2 Å². The number of ketones is 1. The maximum atomic E-state index is 13.0. The minimum Gasteiger partial charge on any atom is -0.465 e. The van der Waals surface area contributed by atoms with Gasteiger partial charge in [0.2, 0.25) is 0 Å². The Balaban J connectivity index is 2.19. The lowest BCUT2D eigenvalue weighted by Crippen LogP contribution is -2.47. The summed E-state index contributed by atoms with van der Waals surface area (Å²) in [5.41, 5.74) is -0.567. The van der Waals surface area contributed by atoms with E-state index in [0.29, 0.717) is 0 Å². The van der Waals surface area contributed by atoms with Gasteiger partial charge in [-0.15, -0.1) is 11.3 Å². The van der Waals surface area contributed by atoms with Crippen LogP contribution in [0, 0.1) is 16.7 Å². The van der Waals surface area contributed by atoms with Crippen molar-refractivity contribution in [3.63, 3.8) is 0 Å². The minimum absolute atomic E-state index is 0.0717. The van der Waals surface area contributed by atoms with Crippen LogP contribution in [0.1, 0.15) is 42.0 Å². The molecule has 1 aliphatic rings. The third kappa shape index (κ3) is 2.98. The van der Waals surface area contributed by atoms with Gasteiger partial charge in [0.1, 0.15) is 5.78 Å². The molecule has 3 atom stereocenters. The highest BCUT2D eigenvalue weighted by molar-refractivity contribution is 7.10. The minimum atomic E-state index is -1.39. The first kappa shape index (κ1) is 17.4. The van der Waals surface area contributed by atoms with Crippen LogP contribution in [0.4, 0.5) is 0 Å². The van der Waals surface area contributed by atoms with E-state index in [2.05, 4.69) is 6.07 Å². The molecule has 4 nitrogen and oxygen atoms in total. The van der Waals surface area contributed by atoms with Crippen LogP contribution in [-0.2, 0) is 14.3 Å². The number of nitriles is 1. The predicted octanol–water partition coefficient (Wildman–Crippen LogP) is 4.05. The van der Waals surface area contributed by atoms with E-state index in [4.69, 9.17) is 4.74 Å². The van der Waals surface area contributed by atoms with Crippen LogP contribution >= 0.6 is 11.3 Å². The van der Waals surface area contributed by atoms with E-state index in [1.54, 1.807) is 6.92 Å². The lowest BCUT2D eigenvalue weighted by molar-refractivity contribution is -0.156. The van der Waals surface area contributed by atoms with E-state index in [1.807, 2.05) is 47.8 Å². The number of esters is 1. The van der Waals surface area contributed by atoms with Gasteiger partial charge in [-0.05, 0) is 23.9 Å². The normalized spacial score (nSPS) is 26.0. The standard InChI is InChI=1S/C20H19NO3S/c1-2-24-19(23)20(13-21)16(14-7-4-3-5-8-14)11-15(22)12-17(20)18-9-6-10-25-18/h3-10,16-17H,2,11-12H2,1H3/t16-,17-,20-/m0/s1. The number of rotatable bonds is 4. The number of carbonyl (C=O) groups is 2. The van der Waals surface area contributed by atoms with Gasteiger partial charge in [0.25, 0.3) is 0 Å². The van der Waals surface area contributed by atoms with E-state index >= 15 is 0 Å². The molecule has 1 aromatic heterocycles. The van der Waals surface area contributed by atoms with Gasteiger partial charge in [-0.3, -0.25) is 9.59 Å². The van der Waals surface area contributed by atoms with Gasteiger partial charge in [0.15, 0.2) is 5.41 Å². The van der Waals surface area contributed by atoms with Crippen molar-refractivity contribution in [2.45, 2.75) is 31.6 Å². The molecule has 1 aromatic carbocycles. The third-order valence-electron chi connectivity index (χ3n) is 4.85. The second-order valence-electron chi connectivity index (χ2n) is 6.18. The Kier molecular flexibility index (Phi) is 5.00. The summed E-state index contributed by atoms with van der Waals surface area (Å²) in [4.78, 5) is 26.4. The zero-order chi connectivity index (χ0) is 17.9. The van der Waals surface area contributed by atoms with Gasteiger partial charge in [-0.2, -0.15) is 5.26 Å². The van der Waals surface area contributed by atoms with Crippen LogP contribution in [0.2, 0.25) is 0 Å². The fourth-order valence-corrected chi connectivity index (χ4v) is 4.63. The van der Waals surface area contributed by atoms with Crippen LogP contribution < -0.4 is 0 Å². The molecule has 0 bridgehead atoms. The monoisotopic (exact) mass is 353 g/mol. The lowest BCUT2D eigenvalue weighted by Gasteiger charge is -2.42. The zero-order valence-electron chi connectivity index (χ0n) is 14.0. The molecule has 1 saturated carbocycles. The van der Waals surface area contributed by atoms with Crippen LogP contribution in [0.5, 0.6) is 0 Å². The average molecular weight is 353 g/mol. The SMILES string of the molecule is CCOC(=O)[C@@]1(C#N)[C@H](c2ccccc2)CC(=O)C[C@H]1c1cccs1. The Labute approximate surface area is 151 Å². The molecule has 0 amide bonds. The summed E-state index contributed by atoms with van der Waals surface area (Å²) >= 11 is 1.47. The van der Waals surface area contributed by atoms with E-state index in [-0.39, 0.29) is 25.2 Å². The van der Waals surface area contributed by atoms with E-state index in [0.717, 1.165) is 10.4 Å². The lowest BCUT2D eigenvalue weighted by atomic mass is 9.58. The molecule has 25 heavy (non-hydrogen) atoms. The predicted molar refractivity (Wildman–Crippen MR) is 95.2 cm³/mol. The van der Waals surface area contributed by atoms with Crippen LogP contribution in [0.3, 0.4) is 0 Å². The largest absolute Gasteiger partial charge is 0.465 e. The molecule has 0 N–H and O–H groups in total. The van der Waals surface area contributed by atoms with Crippen molar-refractivity contribution in [1.29, 1.82) is 5.26 Å². The zero-order valence-corrected chi connectivity index (χ0v) is 14.8. The first-order valence-electron chi connectivity index (χ1n) is 8.32. The quantitative estimate of drug-likeness (QED) is 0.778.